The zero-order chi connectivity index (χ0) is 20.9. The molecule has 150 valence electrons. The summed E-state index contributed by atoms with van der Waals surface area (Å²) in [4.78, 5) is 28.0. The molecule has 0 saturated carbocycles. The number of hydrogen-bond acceptors (Lipinski definition) is 4. The fraction of sp³-hybridized carbons (Fsp3) is 0.238. The van der Waals surface area contributed by atoms with E-state index in [1.165, 1.54) is 4.90 Å². The minimum atomic E-state index is -0.695. The lowest BCUT2D eigenvalue weighted by Gasteiger charge is -2.25. The van der Waals surface area contributed by atoms with Crippen molar-refractivity contribution in [2.75, 3.05) is 13.2 Å². The van der Waals surface area contributed by atoms with Gasteiger partial charge >= 0.3 is 0 Å². The lowest BCUT2D eigenvalue weighted by Crippen LogP contribution is -2.31. The molecule has 1 atom stereocenters. The van der Waals surface area contributed by atoms with E-state index in [1.54, 1.807) is 37.3 Å². The lowest BCUT2D eigenvalue weighted by atomic mass is 9.98. The van der Waals surface area contributed by atoms with Gasteiger partial charge in [-0.3, -0.25) is 9.59 Å². The zero-order valence-electron chi connectivity index (χ0n) is 15.3. The molecule has 1 aromatic heterocycles. The van der Waals surface area contributed by atoms with Crippen LogP contribution in [0.5, 0.6) is 0 Å². The molecule has 0 bridgehead atoms. The molecule has 5 nitrogen and oxygen atoms in total. The van der Waals surface area contributed by atoms with Crippen LogP contribution in [0.3, 0.4) is 0 Å². The molecule has 1 unspecified atom stereocenters. The van der Waals surface area contributed by atoms with Gasteiger partial charge in [0, 0.05) is 18.2 Å². The molecule has 2 aromatic carbocycles. The number of amides is 1. The smallest absolute Gasteiger partial charge is 0.290 e. The fourth-order valence-electron chi connectivity index (χ4n) is 3.64. The number of halogens is 3. The van der Waals surface area contributed by atoms with E-state index < -0.39 is 11.9 Å². The Bertz CT molecular complexity index is 1200. The Hall–Kier alpha value is -2.05. The maximum absolute atomic E-state index is 13.4. The SMILES string of the molecule is Cc1cc2oc3c(c(=O)c2cc1Cl)C(c1ccc(Cl)c(Cl)c1)N(CCCO)C3=O. The molecule has 1 amide bonds. The Morgan fingerprint density at radius 2 is 1.83 bits per heavy atom. The summed E-state index contributed by atoms with van der Waals surface area (Å²) in [5, 5.41) is 10.7. The highest BCUT2D eigenvalue weighted by Gasteiger charge is 2.42. The van der Waals surface area contributed by atoms with Gasteiger partial charge < -0.3 is 14.4 Å². The van der Waals surface area contributed by atoms with Crippen LogP contribution in [-0.2, 0) is 0 Å². The summed E-state index contributed by atoms with van der Waals surface area (Å²) >= 11 is 18.4. The van der Waals surface area contributed by atoms with Crippen molar-refractivity contribution in [3.63, 3.8) is 0 Å². The van der Waals surface area contributed by atoms with Crippen LogP contribution in [0.2, 0.25) is 15.1 Å². The number of rotatable bonds is 4. The van der Waals surface area contributed by atoms with Gasteiger partial charge in [0.15, 0.2) is 5.43 Å². The van der Waals surface area contributed by atoms with E-state index in [1.807, 2.05) is 0 Å². The number of nitrogens with zero attached hydrogens (tertiary/aromatic N) is 1. The van der Waals surface area contributed by atoms with E-state index in [2.05, 4.69) is 0 Å². The maximum atomic E-state index is 13.4. The number of carbonyl (C=O) groups is 1. The van der Waals surface area contributed by atoms with Crippen LogP contribution in [0.1, 0.15) is 39.7 Å². The number of benzene rings is 2. The second kappa shape index (κ2) is 7.65. The first-order chi connectivity index (χ1) is 13.8. The summed E-state index contributed by atoms with van der Waals surface area (Å²) in [6, 6.07) is 7.49. The van der Waals surface area contributed by atoms with Gasteiger partial charge in [0.1, 0.15) is 5.58 Å². The average molecular weight is 453 g/mol. The van der Waals surface area contributed by atoms with Gasteiger partial charge in [0.05, 0.1) is 27.0 Å². The highest BCUT2D eigenvalue weighted by atomic mass is 35.5. The molecule has 0 fully saturated rings. The quantitative estimate of drug-likeness (QED) is 0.605. The van der Waals surface area contributed by atoms with Crippen LogP contribution in [0.15, 0.2) is 39.5 Å². The van der Waals surface area contributed by atoms with E-state index >= 15 is 0 Å². The third kappa shape index (κ3) is 3.32. The maximum Gasteiger partial charge on any atom is 0.290 e. The van der Waals surface area contributed by atoms with E-state index in [0.29, 0.717) is 38.0 Å². The standard InChI is InChI=1S/C21H16Cl3NO4/c1-10-7-16-12(9-14(10)23)19(27)17-18(11-3-4-13(22)15(24)8-11)25(5-2-6-26)21(28)20(17)29-16/h3-4,7-9,18,26H,2,5-6H2,1H3. The minimum absolute atomic E-state index is 0.00163. The molecular formula is C21H16Cl3NO4. The summed E-state index contributed by atoms with van der Waals surface area (Å²) < 4.78 is 5.88. The first-order valence-electron chi connectivity index (χ1n) is 8.97. The summed E-state index contributed by atoms with van der Waals surface area (Å²) in [5.41, 5.74) is 1.60. The van der Waals surface area contributed by atoms with Crippen molar-refractivity contribution in [2.24, 2.45) is 0 Å². The normalized spacial score (nSPS) is 16.0. The van der Waals surface area contributed by atoms with Crippen molar-refractivity contribution >= 4 is 51.7 Å². The van der Waals surface area contributed by atoms with Crippen molar-refractivity contribution in [1.82, 2.24) is 4.90 Å². The predicted octanol–water partition coefficient (Wildman–Crippen LogP) is 4.99. The van der Waals surface area contributed by atoms with Gasteiger partial charge in [0.2, 0.25) is 5.76 Å². The number of aliphatic hydroxyl groups excluding tert-OH is 1. The van der Waals surface area contributed by atoms with Crippen LogP contribution in [0.25, 0.3) is 11.0 Å². The third-order valence-electron chi connectivity index (χ3n) is 5.06. The van der Waals surface area contributed by atoms with Gasteiger partial charge in [-0.05, 0) is 48.7 Å². The largest absolute Gasteiger partial charge is 0.450 e. The van der Waals surface area contributed by atoms with Gasteiger partial charge in [-0.25, -0.2) is 0 Å². The van der Waals surface area contributed by atoms with Crippen molar-refractivity contribution in [2.45, 2.75) is 19.4 Å². The Balaban J connectivity index is 1.99. The lowest BCUT2D eigenvalue weighted by molar-refractivity contribution is 0.0716. The third-order valence-corrected chi connectivity index (χ3v) is 6.21. The summed E-state index contributed by atoms with van der Waals surface area (Å²) in [5.74, 6) is -0.408. The molecule has 3 aromatic rings. The summed E-state index contributed by atoms with van der Waals surface area (Å²) in [7, 11) is 0. The molecule has 1 N–H and O–H groups in total. The van der Waals surface area contributed by atoms with Crippen molar-refractivity contribution in [3.05, 3.63) is 78.1 Å². The molecule has 0 saturated heterocycles. The van der Waals surface area contributed by atoms with Crippen molar-refractivity contribution in [3.8, 4) is 0 Å². The molecule has 29 heavy (non-hydrogen) atoms. The van der Waals surface area contributed by atoms with Crippen LogP contribution in [0.4, 0.5) is 0 Å². The molecule has 8 heteroatoms. The molecule has 2 heterocycles. The van der Waals surface area contributed by atoms with Gasteiger partial charge in [-0.2, -0.15) is 0 Å². The number of aryl methyl sites for hydroxylation is 1. The van der Waals surface area contributed by atoms with Crippen LogP contribution in [0, 0.1) is 6.92 Å². The van der Waals surface area contributed by atoms with E-state index in [0.717, 1.165) is 5.56 Å². The molecule has 0 aliphatic carbocycles. The number of hydrogen-bond donors (Lipinski definition) is 1. The van der Waals surface area contributed by atoms with Gasteiger partial charge in [-0.1, -0.05) is 40.9 Å². The van der Waals surface area contributed by atoms with E-state index in [4.69, 9.17) is 39.2 Å². The van der Waals surface area contributed by atoms with Gasteiger partial charge in [0.25, 0.3) is 5.91 Å². The Morgan fingerprint density at radius 1 is 1.07 bits per heavy atom. The fourth-order valence-corrected chi connectivity index (χ4v) is 4.11. The minimum Gasteiger partial charge on any atom is -0.450 e. The number of aliphatic hydroxyl groups is 1. The Labute approximate surface area is 181 Å². The topological polar surface area (TPSA) is 70.8 Å². The van der Waals surface area contributed by atoms with E-state index in [-0.39, 0.29) is 29.9 Å². The molecule has 1 aliphatic rings. The highest BCUT2D eigenvalue weighted by molar-refractivity contribution is 6.42. The van der Waals surface area contributed by atoms with Crippen LogP contribution >= 0.6 is 34.8 Å². The van der Waals surface area contributed by atoms with Crippen LogP contribution < -0.4 is 5.43 Å². The average Bonchev–Trinajstić information content (AvgIpc) is 2.96. The van der Waals surface area contributed by atoms with Crippen molar-refractivity contribution < 1.29 is 14.3 Å². The van der Waals surface area contributed by atoms with Crippen molar-refractivity contribution in [1.29, 1.82) is 0 Å². The molecule has 4 rings (SSSR count). The van der Waals surface area contributed by atoms with Crippen LogP contribution in [-0.4, -0.2) is 29.1 Å². The number of fused-ring (bicyclic) bond motifs is 2. The Morgan fingerprint density at radius 3 is 2.52 bits per heavy atom. The first-order valence-corrected chi connectivity index (χ1v) is 10.1. The molecule has 0 spiro atoms. The highest BCUT2D eigenvalue weighted by Crippen LogP contribution is 2.40. The summed E-state index contributed by atoms with van der Waals surface area (Å²) in [6.07, 6.45) is 0.357. The molecule has 0 radical (unpaired) electrons. The first kappa shape index (κ1) is 20.2. The monoisotopic (exact) mass is 451 g/mol. The predicted molar refractivity (Wildman–Crippen MR) is 113 cm³/mol. The summed E-state index contributed by atoms with van der Waals surface area (Å²) in [6.45, 7) is 1.95. The van der Waals surface area contributed by atoms with E-state index in [9.17, 15) is 14.7 Å². The zero-order valence-corrected chi connectivity index (χ0v) is 17.6. The number of carbonyl (C=O) groups excluding carboxylic acids is 1. The Kier molecular flexibility index (Phi) is 5.34. The van der Waals surface area contributed by atoms with Gasteiger partial charge in [-0.15, -0.1) is 0 Å². The molecule has 1 aliphatic heterocycles. The molecular weight excluding hydrogens is 437 g/mol. The second-order valence-corrected chi connectivity index (χ2v) is 8.14. The second-order valence-electron chi connectivity index (χ2n) is 6.92.